The summed E-state index contributed by atoms with van der Waals surface area (Å²) in [5.41, 5.74) is 1.65. The smallest absolute Gasteiger partial charge is 0.267 e. The predicted molar refractivity (Wildman–Crippen MR) is 96.3 cm³/mol. The van der Waals surface area contributed by atoms with Gasteiger partial charge in [0.05, 0.1) is 0 Å². The van der Waals surface area contributed by atoms with Crippen LogP contribution in [0.25, 0.3) is 0 Å². The zero-order chi connectivity index (χ0) is 17.4. The number of nitrogens with one attached hydrogen (secondary N) is 2. The van der Waals surface area contributed by atoms with Crippen LogP contribution in [0.2, 0.25) is 0 Å². The van der Waals surface area contributed by atoms with Gasteiger partial charge in [0.15, 0.2) is 0 Å². The quantitative estimate of drug-likeness (QED) is 0.308. The van der Waals surface area contributed by atoms with Crippen molar-refractivity contribution in [3.05, 3.63) is 70.3 Å². The van der Waals surface area contributed by atoms with Crippen LogP contribution >= 0.6 is 15.9 Å². The SMILES string of the molecule is N#C/C(=C/NCCc1ccc(Br)cc1)C(=O)Nc1ccc(O)cc1. The highest BCUT2D eigenvalue weighted by Gasteiger charge is 2.08. The van der Waals surface area contributed by atoms with E-state index in [1.54, 1.807) is 12.1 Å². The van der Waals surface area contributed by atoms with Gasteiger partial charge in [-0.2, -0.15) is 5.26 Å². The molecule has 0 aliphatic heterocycles. The van der Waals surface area contributed by atoms with Gasteiger partial charge in [0.1, 0.15) is 17.4 Å². The molecule has 0 atom stereocenters. The maximum atomic E-state index is 12.0. The molecule has 5 nitrogen and oxygen atoms in total. The second-order valence-corrected chi connectivity index (χ2v) is 5.92. The third-order valence-electron chi connectivity index (χ3n) is 3.21. The Bertz CT molecular complexity index is 762. The molecule has 6 heteroatoms. The Kier molecular flexibility index (Phi) is 6.41. The molecule has 2 aromatic rings. The lowest BCUT2D eigenvalue weighted by Gasteiger charge is -2.05. The molecule has 0 heterocycles. The molecule has 2 rings (SSSR count). The summed E-state index contributed by atoms with van der Waals surface area (Å²) in [6.45, 7) is 0.610. The maximum absolute atomic E-state index is 12.0. The number of amides is 1. The molecule has 0 aliphatic carbocycles. The number of anilines is 1. The summed E-state index contributed by atoms with van der Waals surface area (Å²) in [7, 11) is 0. The molecule has 0 spiro atoms. The van der Waals surface area contributed by atoms with E-state index in [1.807, 2.05) is 30.3 Å². The van der Waals surface area contributed by atoms with Crippen molar-refractivity contribution in [3.8, 4) is 11.8 Å². The summed E-state index contributed by atoms with van der Waals surface area (Å²) >= 11 is 3.38. The summed E-state index contributed by atoms with van der Waals surface area (Å²) in [4.78, 5) is 12.0. The molecule has 0 aromatic heterocycles. The van der Waals surface area contributed by atoms with Crippen LogP contribution in [0.3, 0.4) is 0 Å². The van der Waals surface area contributed by atoms with Gasteiger partial charge in [-0.1, -0.05) is 28.1 Å². The molecule has 0 radical (unpaired) electrons. The second kappa shape index (κ2) is 8.75. The second-order valence-electron chi connectivity index (χ2n) is 5.00. The van der Waals surface area contributed by atoms with Crippen molar-refractivity contribution >= 4 is 27.5 Å². The third kappa shape index (κ3) is 5.45. The largest absolute Gasteiger partial charge is 0.508 e. The fourth-order valence-electron chi connectivity index (χ4n) is 1.93. The van der Waals surface area contributed by atoms with Crippen LogP contribution in [0, 0.1) is 11.3 Å². The number of carbonyl (C=O) groups is 1. The Balaban J connectivity index is 1.86. The molecule has 2 aromatic carbocycles. The van der Waals surface area contributed by atoms with Crippen LogP contribution < -0.4 is 10.6 Å². The van der Waals surface area contributed by atoms with E-state index >= 15 is 0 Å². The highest BCUT2D eigenvalue weighted by molar-refractivity contribution is 9.10. The Hall–Kier alpha value is -2.78. The molecule has 0 fully saturated rings. The van der Waals surface area contributed by atoms with Crippen LogP contribution in [0.15, 0.2) is 64.8 Å². The van der Waals surface area contributed by atoms with Gasteiger partial charge in [-0.05, 0) is 48.4 Å². The van der Waals surface area contributed by atoms with Crippen molar-refractivity contribution in [2.45, 2.75) is 6.42 Å². The Morgan fingerprint density at radius 2 is 1.83 bits per heavy atom. The lowest BCUT2D eigenvalue weighted by molar-refractivity contribution is -0.112. The van der Waals surface area contributed by atoms with Crippen molar-refractivity contribution in [2.75, 3.05) is 11.9 Å². The first-order valence-corrected chi connectivity index (χ1v) is 8.06. The summed E-state index contributed by atoms with van der Waals surface area (Å²) < 4.78 is 1.02. The summed E-state index contributed by atoms with van der Waals surface area (Å²) in [6.07, 6.45) is 2.19. The number of benzene rings is 2. The summed E-state index contributed by atoms with van der Waals surface area (Å²) in [5.74, 6) is -0.391. The number of nitriles is 1. The van der Waals surface area contributed by atoms with Crippen LogP contribution in [-0.2, 0) is 11.2 Å². The highest BCUT2D eigenvalue weighted by atomic mass is 79.9. The van der Waals surface area contributed by atoms with Gasteiger partial charge < -0.3 is 15.7 Å². The number of phenolic OH excluding ortho intramolecular Hbond substituents is 1. The number of halogens is 1. The number of phenols is 1. The average Bonchev–Trinajstić information content (AvgIpc) is 2.58. The first-order valence-electron chi connectivity index (χ1n) is 7.27. The lowest BCUT2D eigenvalue weighted by Crippen LogP contribution is -2.17. The van der Waals surface area contributed by atoms with E-state index in [0.717, 1.165) is 16.5 Å². The number of hydrogen-bond acceptors (Lipinski definition) is 4. The molecule has 0 bridgehead atoms. The molecular formula is C18H16BrN3O2. The van der Waals surface area contributed by atoms with Crippen molar-refractivity contribution in [1.82, 2.24) is 5.32 Å². The Morgan fingerprint density at radius 3 is 2.46 bits per heavy atom. The van der Waals surface area contributed by atoms with Gasteiger partial charge in [-0.15, -0.1) is 0 Å². The minimum Gasteiger partial charge on any atom is -0.508 e. The molecule has 24 heavy (non-hydrogen) atoms. The maximum Gasteiger partial charge on any atom is 0.267 e. The summed E-state index contributed by atoms with van der Waals surface area (Å²) in [6, 6.07) is 15.9. The monoisotopic (exact) mass is 385 g/mol. The minimum atomic E-state index is -0.501. The predicted octanol–water partition coefficient (Wildman–Crippen LogP) is 3.33. The molecule has 0 aliphatic rings. The zero-order valence-corrected chi connectivity index (χ0v) is 14.4. The standard InChI is InChI=1S/C18H16BrN3O2/c19-15-3-1-13(2-4-15)9-10-21-12-14(11-20)18(24)22-16-5-7-17(23)8-6-16/h1-8,12,21,23H,9-10H2,(H,22,24)/b14-12-. The van der Waals surface area contributed by atoms with E-state index in [9.17, 15) is 9.90 Å². The van der Waals surface area contributed by atoms with Gasteiger partial charge in [-0.25, -0.2) is 0 Å². The van der Waals surface area contributed by atoms with Crippen molar-refractivity contribution in [1.29, 1.82) is 5.26 Å². The number of hydrogen-bond donors (Lipinski definition) is 3. The molecule has 3 N–H and O–H groups in total. The molecule has 1 amide bonds. The molecular weight excluding hydrogens is 370 g/mol. The van der Waals surface area contributed by atoms with E-state index < -0.39 is 5.91 Å². The fraction of sp³-hybridized carbons (Fsp3) is 0.111. The Morgan fingerprint density at radius 1 is 1.17 bits per heavy atom. The van der Waals surface area contributed by atoms with Gasteiger partial charge in [0, 0.05) is 22.9 Å². The Labute approximate surface area is 148 Å². The van der Waals surface area contributed by atoms with E-state index in [2.05, 4.69) is 26.6 Å². The van der Waals surface area contributed by atoms with Gasteiger partial charge in [0.2, 0.25) is 0 Å². The van der Waals surface area contributed by atoms with Gasteiger partial charge in [0.25, 0.3) is 5.91 Å². The van der Waals surface area contributed by atoms with Crippen molar-refractivity contribution in [2.24, 2.45) is 0 Å². The molecule has 122 valence electrons. The topological polar surface area (TPSA) is 85.2 Å². The van der Waals surface area contributed by atoms with Crippen molar-refractivity contribution < 1.29 is 9.90 Å². The van der Waals surface area contributed by atoms with Crippen LogP contribution in [0.5, 0.6) is 5.75 Å². The first kappa shape index (κ1) is 17.6. The van der Waals surface area contributed by atoms with E-state index in [4.69, 9.17) is 5.26 Å². The first-order chi connectivity index (χ1) is 11.6. The summed E-state index contributed by atoms with van der Waals surface area (Å²) in [5, 5.41) is 23.9. The third-order valence-corrected chi connectivity index (χ3v) is 3.74. The van der Waals surface area contributed by atoms with Crippen molar-refractivity contribution in [3.63, 3.8) is 0 Å². The molecule has 0 saturated heterocycles. The molecule has 0 saturated carbocycles. The highest BCUT2D eigenvalue weighted by Crippen LogP contribution is 2.14. The van der Waals surface area contributed by atoms with E-state index in [0.29, 0.717) is 12.2 Å². The fourth-order valence-corrected chi connectivity index (χ4v) is 2.20. The van der Waals surface area contributed by atoms with Crippen LogP contribution in [0.4, 0.5) is 5.69 Å². The number of aromatic hydroxyl groups is 1. The number of carbonyl (C=O) groups excluding carboxylic acids is 1. The molecule has 0 unspecified atom stereocenters. The number of nitrogens with zero attached hydrogens (tertiary/aromatic N) is 1. The normalized spacial score (nSPS) is 10.8. The van der Waals surface area contributed by atoms with Crippen LogP contribution in [0.1, 0.15) is 5.56 Å². The van der Waals surface area contributed by atoms with Gasteiger partial charge >= 0.3 is 0 Å². The van der Waals surface area contributed by atoms with Crippen LogP contribution in [-0.4, -0.2) is 17.6 Å². The van der Waals surface area contributed by atoms with E-state index in [1.165, 1.54) is 18.3 Å². The van der Waals surface area contributed by atoms with E-state index in [-0.39, 0.29) is 11.3 Å². The minimum absolute atomic E-state index is 0.0149. The zero-order valence-electron chi connectivity index (χ0n) is 12.8. The lowest BCUT2D eigenvalue weighted by atomic mass is 10.1. The average molecular weight is 386 g/mol. The number of rotatable bonds is 6. The van der Waals surface area contributed by atoms with Gasteiger partial charge in [-0.3, -0.25) is 4.79 Å².